The van der Waals surface area contributed by atoms with Crippen LogP contribution in [-0.2, 0) is 4.74 Å². The van der Waals surface area contributed by atoms with E-state index in [1.165, 1.54) is 51.4 Å². The van der Waals surface area contributed by atoms with Gasteiger partial charge in [0.15, 0.2) is 0 Å². The van der Waals surface area contributed by atoms with E-state index in [-0.39, 0.29) is 5.60 Å². The molecule has 17 heavy (non-hydrogen) atoms. The third-order valence-corrected chi connectivity index (χ3v) is 5.82. The van der Waals surface area contributed by atoms with Crippen LogP contribution in [0.3, 0.4) is 0 Å². The third-order valence-electron chi connectivity index (χ3n) is 5.82. The molecule has 3 saturated carbocycles. The first-order chi connectivity index (χ1) is 8.21. The number of ether oxygens (including phenoxy) is 1. The summed E-state index contributed by atoms with van der Waals surface area (Å²) in [7, 11) is 1.86. The molecule has 3 rings (SSSR count). The van der Waals surface area contributed by atoms with Crippen LogP contribution in [0.25, 0.3) is 0 Å². The highest BCUT2D eigenvalue weighted by atomic mass is 16.5. The van der Waals surface area contributed by atoms with Gasteiger partial charge in [-0.05, 0) is 69.1 Å². The predicted molar refractivity (Wildman–Crippen MR) is 69.7 cm³/mol. The van der Waals surface area contributed by atoms with Crippen LogP contribution in [0.1, 0.15) is 57.8 Å². The number of fused-ring (bicyclic) bond motifs is 2. The summed E-state index contributed by atoms with van der Waals surface area (Å²) in [5.74, 6) is 3.01. The van der Waals surface area contributed by atoms with Crippen LogP contribution in [0.2, 0.25) is 0 Å². The van der Waals surface area contributed by atoms with Gasteiger partial charge in [-0.3, -0.25) is 0 Å². The Morgan fingerprint density at radius 2 is 2.12 bits per heavy atom. The van der Waals surface area contributed by atoms with Gasteiger partial charge in [-0.1, -0.05) is 6.42 Å². The first-order valence-corrected chi connectivity index (χ1v) is 7.51. The Kier molecular flexibility index (Phi) is 3.20. The largest absolute Gasteiger partial charge is 0.378 e. The van der Waals surface area contributed by atoms with Crippen molar-refractivity contribution in [2.45, 2.75) is 69.4 Å². The summed E-state index contributed by atoms with van der Waals surface area (Å²) in [6.45, 7) is 0. The van der Waals surface area contributed by atoms with Crippen LogP contribution >= 0.6 is 0 Å². The maximum atomic E-state index is 6.38. The first-order valence-electron chi connectivity index (χ1n) is 7.51. The van der Waals surface area contributed by atoms with Gasteiger partial charge in [0, 0.05) is 13.2 Å². The van der Waals surface area contributed by atoms with Gasteiger partial charge in [0.1, 0.15) is 0 Å². The highest BCUT2D eigenvalue weighted by molar-refractivity contribution is 4.95. The Hall–Kier alpha value is -0.0800. The molecule has 3 fully saturated rings. The lowest BCUT2D eigenvalue weighted by molar-refractivity contribution is -0.0827. The van der Waals surface area contributed by atoms with E-state index in [0.717, 1.165) is 24.2 Å². The van der Waals surface area contributed by atoms with E-state index in [9.17, 15) is 0 Å². The second-order valence-electron chi connectivity index (χ2n) is 6.88. The van der Waals surface area contributed by atoms with E-state index >= 15 is 0 Å². The molecule has 3 aliphatic carbocycles. The summed E-state index contributed by atoms with van der Waals surface area (Å²) in [6.07, 6.45) is 12.1. The second kappa shape index (κ2) is 4.55. The predicted octanol–water partition coefficient (Wildman–Crippen LogP) is 3.10. The lowest BCUT2D eigenvalue weighted by Crippen LogP contribution is -2.45. The number of rotatable bonds is 5. The summed E-state index contributed by atoms with van der Waals surface area (Å²) >= 11 is 0. The molecule has 0 aromatic heterocycles. The van der Waals surface area contributed by atoms with Gasteiger partial charge >= 0.3 is 0 Å². The standard InChI is InChI=1S/C15H27NO/c1-17-15(5-2-6-15)10-14(16)9-13-8-11-3-4-12(13)7-11/h11-14H,2-10,16H2,1H3. The molecule has 2 heteroatoms. The molecule has 0 amide bonds. The summed E-state index contributed by atoms with van der Waals surface area (Å²) in [5, 5.41) is 0. The molecular formula is C15H27NO. The van der Waals surface area contributed by atoms with E-state index in [4.69, 9.17) is 10.5 Å². The van der Waals surface area contributed by atoms with Crippen LogP contribution in [-0.4, -0.2) is 18.8 Å². The normalized spacial score (nSPS) is 40.2. The van der Waals surface area contributed by atoms with Crippen LogP contribution in [0.4, 0.5) is 0 Å². The summed E-state index contributed by atoms with van der Waals surface area (Å²) in [4.78, 5) is 0. The third kappa shape index (κ3) is 2.26. The molecule has 0 aromatic carbocycles. The monoisotopic (exact) mass is 237 g/mol. The number of hydrogen-bond donors (Lipinski definition) is 1. The molecule has 98 valence electrons. The summed E-state index contributed by atoms with van der Waals surface area (Å²) in [6, 6.07) is 0.375. The minimum atomic E-state index is 0.164. The number of hydrogen-bond acceptors (Lipinski definition) is 2. The Morgan fingerprint density at radius 1 is 1.29 bits per heavy atom. The fraction of sp³-hybridized carbons (Fsp3) is 1.00. The Labute approximate surface area is 105 Å². The minimum Gasteiger partial charge on any atom is -0.378 e. The zero-order valence-corrected chi connectivity index (χ0v) is 11.2. The minimum absolute atomic E-state index is 0.164. The average molecular weight is 237 g/mol. The maximum Gasteiger partial charge on any atom is 0.0693 e. The molecule has 0 heterocycles. The van der Waals surface area contributed by atoms with Gasteiger partial charge in [0.2, 0.25) is 0 Å². The number of methoxy groups -OCH3 is 1. The zero-order valence-electron chi connectivity index (χ0n) is 11.2. The van der Waals surface area contributed by atoms with E-state index in [2.05, 4.69) is 0 Å². The van der Waals surface area contributed by atoms with Gasteiger partial charge in [-0.25, -0.2) is 0 Å². The molecule has 0 saturated heterocycles. The van der Waals surface area contributed by atoms with Crippen molar-refractivity contribution in [1.29, 1.82) is 0 Å². The molecule has 0 aliphatic heterocycles. The number of nitrogens with two attached hydrogens (primary N) is 1. The zero-order chi connectivity index (χ0) is 11.9. The van der Waals surface area contributed by atoms with E-state index in [1.54, 1.807) is 0 Å². The molecule has 4 unspecified atom stereocenters. The van der Waals surface area contributed by atoms with Gasteiger partial charge in [-0.2, -0.15) is 0 Å². The summed E-state index contributed by atoms with van der Waals surface area (Å²) < 4.78 is 5.69. The smallest absolute Gasteiger partial charge is 0.0693 e. The fourth-order valence-electron chi connectivity index (χ4n) is 4.68. The van der Waals surface area contributed by atoms with Gasteiger partial charge < -0.3 is 10.5 Å². The van der Waals surface area contributed by atoms with Crippen LogP contribution in [0.5, 0.6) is 0 Å². The highest BCUT2D eigenvalue weighted by Crippen LogP contribution is 2.50. The van der Waals surface area contributed by atoms with Crippen molar-refractivity contribution in [1.82, 2.24) is 0 Å². The Morgan fingerprint density at radius 3 is 2.59 bits per heavy atom. The van der Waals surface area contributed by atoms with Gasteiger partial charge in [0.25, 0.3) is 0 Å². The van der Waals surface area contributed by atoms with Crippen molar-refractivity contribution in [3.8, 4) is 0 Å². The molecule has 4 atom stereocenters. The molecule has 2 N–H and O–H groups in total. The molecule has 2 bridgehead atoms. The highest BCUT2D eigenvalue weighted by Gasteiger charge is 2.42. The molecule has 0 spiro atoms. The Bertz CT molecular complexity index is 269. The van der Waals surface area contributed by atoms with E-state index < -0.39 is 0 Å². The van der Waals surface area contributed by atoms with Crippen LogP contribution < -0.4 is 5.73 Å². The summed E-state index contributed by atoms with van der Waals surface area (Å²) in [5.41, 5.74) is 6.54. The van der Waals surface area contributed by atoms with Crippen molar-refractivity contribution in [3.05, 3.63) is 0 Å². The first kappa shape index (κ1) is 12.0. The van der Waals surface area contributed by atoms with Crippen LogP contribution in [0.15, 0.2) is 0 Å². The van der Waals surface area contributed by atoms with Crippen molar-refractivity contribution < 1.29 is 4.74 Å². The topological polar surface area (TPSA) is 35.2 Å². The molecule has 2 nitrogen and oxygen atoms in total. The van der Waals surface area contributed by atoms with Crippen molar-refractivity contribution in [2.75, 3.05) is 7.11 Å². The van der Waals surface area contributed by atoms with E-state index in [1.807, 2.05) is 7.11 Å². The quantitative estimate of drug-likeness (QED) is 0.797. The lowest BCUT2D eigenvalue weighted by Gasteiger charge is -2.42. The van der Waals surface area contributed by atoms with Crippen molar-refractivity contribution in [2.24, 2.45) is 23.5 Å². The van der Waals surface area contributed by atoms with E-state index in [0.29, 0.717) is 6.04 Å². The average Bonchev–Trinajstić information content (AvgIpc) is 2.85. The van der Waals surface area contributed by atoms with Crippen LogP contribution in [0, 0.1) is 17.8 Å². The lowest BCUT2D eigenvalue weighted by atomic mass is 9.73. The van der Waals surface area contributed by atoms with Crippen molar-refractivity contribution in [3.63, 3.8) is 0 Å². The van der Waals surface area contributed by atoms with Gasteiger partial charge in [0.05, 0.1) is 5.60 Å². The maximum absolute atomic E-state index is 6.38. The molecule has 3 aliphatic rings. The van der Waals surface area contributed by atoms with Gasteiger partial charge in [-0.15, -0.1) is 0 Å². The molecule has 0 radical (unpaired) electrons. The van der Waals surface area contributed by atoms with Crippen molar-refractivity contribution >= 4 is 0 Å². The fourth-order valence-corrected chi connectivity index (χ4v) is 4.68. The Balaban J connectivity index is 1.48. The SMILES string of the molecule is COC1(CC(N)CC2CC3CCC2C3)CCC1. The molecular weight excluding hydrogens is 210 g/mol. The second-order valence-corrected chi connectivity index (χ2v) is 6.88. The molecule has 0 aromatic rings.